The molecule has 0 aromatic heterocycles. The Bertz CT molecular complexity index is 798. The van der Waals surface area contributed by atoms with Crippen LogP contribution in [0.15, 0.2) is 58.6 Å². The highest BCUT2D eigenvalue weighted by Gasteiger charge is 2.31. The zero-order valence-corrected chi connectivity index (χ0v) is 13.5. The second-order valence-corrected chi connectivity index (χ2v) is 5.47. The summed E-state index contributed by atoms with van der Waals surface area (Å²) in [6, 6.07) is 12.5. The maximum Gasteiger partial charge on any atom is 0.416 e. The predicted molar refractivity (Wildman–Crippen MR) is 91.4 cm³/mol. The van der Waals surface area contributed by atoms with Crippen LogP contribution in [0.3, 0.4) is 0 Å². The van der Waals surface area contributed by atoms with E-state index in [2.05, 4.69) is 10.1 Å². The van der Waals surface area contributed by atoms with Gasteiger partial charge in [0, 0.05) is 19.2 Å². The number of halogens is 3. The molecule has 4 nitrogen and oxygen atoms in total. The van der Waals surface area contributed by atoms with E-state index >= 15 is 0 Å². The fourth-order valence-corrected chi connectivity index (χ4v) is 2.40. The molecule has 0 bridgehead atoms. The van der Waals surface area contributed by atoms with Gasteiger partial charge in [0.05, 0.1) is 18.4 Å². The molecule has 1 aliphatic heterocycles. The van der Waals surface area contributed by atoms with Gasteiger partial charge in [-0.3, -0.25) is 5.01 Å². The minimum Gasteiger partial charge on any atom is -0.497 e. The van der Waals surface area contributed by atoms with Crippen LogP contribution >= 0.6 is 0 Å². The van der Waals surface area contributed by atoms with Gasteiger partial charge in [0.25, 0.3) is 0 Å². The van der Waals surface area contributed by atoms with E-state index in [-0.39, 0.29) is 0 Å². The van der Waals surface area contributed by atoms with E-state index in [0.717, 1.165) is 23.4 Å². The van der Waals surface area contributed by atoms with Gasteiger partial charge in [0.2, 0.25) is 0 Å². The summed E-state index contributed by atoms with van der Waals surface area (Å²) < 4.78 is 43.5. The Morgan fingerprint density at radius 1 is 1.16 bits per heavy atom. The van der Waals surface area contributed by atoms with E-state index < -0.39 is 11.7 Å². The van der Waals surface area contributed by atoms with Gasteiger partial charge < -0.3 is 4.74 Å². The molecule has 2 aromatic rings. The second kappa shape index (κ2) is 6.96. The standard InChI is InChI=1S/C18H16F3N3O/c1-25-16-7-5-13(6-8-16)12-22-17-9-10-24(23-17)15-4-2-3-14(11-15)18(19,20)21/h2-8,11-12H,9-10H2,1H3. The highest BCUT2D eigenvalue weighted by Crippen LogP contribution is 2.32. The smallest absolute Gasteiger partial charge is 0.416 e. The van der Waals surface area contributed by atoms with E-state index in [4.69, 9.17) is 4.74 Å². The predicted octanol–water partition coefficient (Wildman–Crippen LogP) is 4.36. The van der Waals surface area contributed by atoms with Gasteiger partial charge in [-0.25, -0.2) is 4.99 Å². The Balaban J connectivity index is 1.72. The maximum atomic E-state index is 12.8. The van der Waals surface area contributed by atoms with E-state index in [1.54, 1.807) is 19.4 Å². The van der Waals surface area contributed by atoms with E-state index in [1.165, 1.54) is 11.1 Å². The monoisotopic (exact) mass is 347 g/mol. The fraction of sp³-hybridized carbons (Fsp3) is 0.222. The summed E-state index contributed by atoms with van der Waals surface area (Å²) in [5, 5.41) is 5.83. The Kier molecular flexibility index (Phi) is 4.74. The van der Waals surface area contributed by atoms with Gasteiger partial charge in [-0.15, -0.1) is 0 Å². The van der Waals surface area contributed by atoms with Crippen molar-refractivity contribution >= 4 is 17.7 Å². The third-order valence-corrected chi connectivity index (χ3v) is 3.73. The first kappa shape index (κ1) is 17.0. The molecule has 0 radical (unpaired) electrons. The van der Waals surface area contributed by atoms with Gasteiger partial charge in [-0.05, 0) is 48.0 Å². The SMILES string of the molecule is COc1ccc(C=NC2=NN(c3cccc(C(F)(F)F)c3)CC2)cc1. The van der Waals surface area contributed by atoms with Crippen molar-refractivity contribution in [2.75, 3.05) is 18.7 Å². The Labute approximate surface area is 143 Å². The number of benzene rings is 2. The van der Waals surface area contributed by atoms with Crippen molar-refractivity contribution in [1.82, 2.24) is 0 Å². The van der Waals surface area contributed by atoms with Crippen molar-refractivity contribution in [2.45, 2.75) is 12.6 Å². The topological polar surface area (TPSA) is 37.2 Å². The van der Waals surface area contributed by atoms with Crippen LogP contribution in [0.25, 0.3) is 0 Å². The molecule has 0 saturated heterocycles. The highest BCUT2D eigenvalue weighted by atomic mass is 19.4. The number of rotatable bonds is 3. The molecule has 25 heavy (non-hydrogen) atoms. The Hall–Kier alpha value is -2.83. The van der Waals surface area contributed by atoms with Gasteiger partial charge in [-0.1, -0.05) is 6.07 Å². The van der Waals surface area contributed by atoms with Crippen LogP contribution in [-0.4, -0.2) is 25.7 Å². The molecule has 0 unspecified atom stereocenters. The molecular weight excluding hydrogens is 331 g/mol. The summed E-state index contributed by atoms with van der Waals surface area (Å²) in [6.45, 7) is 0.497. The number of methoxy groups -OCH3 is 1. The molecule has 0 aliphatic carbocycles. The number of hydrogen-bond donors (Lipinski definition) is 0. The lowest BCUT2D eigenvalue weighted by molar-refractivity contribution is -0.137. The van der Waals surface area contributed by atoms with Crippen LogP contribution in [0.4, 0.5) is 18.9 Å². The average molecular weight is 347 g/mol. The Morgan fingerprint density at radius 3 is 2.60 bits per heavy atom. The Morgan fingerprint density at radius 2 is 1.92 bits per heavy atom. The minimum absolute atomic E-state index is 0.407. The van der Waals surface area contributed by atoms with Crippen molar-refractivity contribution in [3.05, 3.63) is 59.7 Å². The van der Waals surface area contributed by atoms with Crippen molar-refractivity contribution < 1.29 is 17.9 Å². The first-order valence-corrected chi connectivity index (χ1v) is 7.66. The number of hydrogen-bond acceptors (Lipinski definition) is 4. The lowest BCUT2D eigenvalue weighted by atomic mass is 10.2. The molecule has 0 spiro atoms. The van der Waals surface area contributed by atoms with Crippen molar-refractivity contribution in [3.63, 3.8) is 0 Å². The molecule has 1 heterocycles. The zero-order chi connectivity index (χ0) is 17.9. The number of alkyl halides is 3. The van der Waals surface area contributed by atoms with Crippen LogP contribution < -0.4 is 9.75 Å². The molecule has 3 rings (SSSR count). The summed E-state index contributed by atoms with van der Waals surface area (Å²) in [6.07, 6.45) is -2.12. The number of amidine groups is 1. The molecule has 1 aliphatic rings. The van der Waals surface area contributed by atoms with Crippen LogP contribution in [0.2, 0.25) is 0 Å². The van der Waals surface area contributed by atoms with Crippen LogP contribution in [0.5, 0.6) is 5.75 Å². The van der Waals surface area contributed by atoms with E-state index in [0.29, 0.717) is 24.5 Å². The van der Waals surface area contributed by atoms with Gasteiger partial charge in [0.1, 0.15) is 5.75 Å². The molecule has 130 valence electrons. The van der Waals surface area contributed by atoms with Crippen LogP contribution in [0, 0.1) is 0 Å². The minimum atomic E-state index is -4.37. The van der Waals surface area contributed by atoms with Crippen molar-refractivity contribution in [1.29, 1.82) is 0 Å². The lowest BCUT2D eigenvalue weighted by Gasteiger charge is -2.15. The number of hydrazone groups is 1. The molecule has 0 N–H and O–H groups in total. The quantitative estimate of drug-likeness (QED) is 0.774. The number of ether oxygens (including phenoxy) is 1. The van der Waals surface area contributed by atoms with Crippen LogP contribution in [-0.2, 0) is 6.18 Å². The van der Waals surface area contributed by atoms with Crippen molar-refractivity contribution in [2.24, 2.45) is 10.1 Å². The van der Waals surface area contributed by atoms with Crippen LogP contribution in [0.1, 0.15) is 17.5 Å². The maximum absolute atomic E-state index is 12.8. The summed E-state index contributed by atoms with van der Waals surface area (Å²) in [5.41, 5.74) is 0.612. The molecule has 0 saturated carbocycles. The molecular formula is C18H16F3N3O. The molecule has 0 fully saturated rings. The second-order valence-electron chi connectivity index (χ2n) is 5.47. The molecule has 0 amide bonds. The van der Waals surface area contributed by atoms with Gasteiger partial charge >= 0.3 is 6.18 Å². The first-order valence-electron chi connectivity index (χ1n) is 7.66. The third-order valence-electron chi connectivity index (χ3n) is 3.73. The molecule has 0 atom stereocenters. The number of nitrogens with zero attached hydrogens (tertiary/aromatic N) is 3. The normalized spacial score (nSPS) is 14.9. The highest BCUT2D eigenvalue weighted by molar-refractivity contribution is 5.96. The summed E-state index contributed by atoms with van der Waals surface area (Å²) >= 11 is 0. The summed E-state index contributed by atoms with van der Waals surface area (Å²) in [4.78, 5) is 4.32. The van der Waals surface area contributed by atoms with E-state index in [1.807, 2.05) is 24.3 Å². The third kappa shape index (κ3) is 4.17. The summed E-state index contributed by atoms with van der Waals surface area (Å²) in [5.74, 6) is 1.33. The zero-order valence-electron chi connectivity index (χ0n) is 13.5. The fourth-order valence-electron chi connectivity index (χ4n) is 2.40. The van der Waals surface area contributed by atoms with Gasteiger partial charge in [-0.2, -0.15) is 18.3 Å². The summed E-state index contributed by atoms with van der Waals surface area (Å²) in [7, 11) is 1.60. The molecule has 7 heteroatoms. The molecule has 2 aromatic carbocycles. The lowest BCUT2D eigenvalue weighted by Crippen LogP contribution is -2.13. The number of aliphatic imine (C=N–C) groups is 1. The average Bonchev–Trinajstić information content (AvgIpc) is 3.09. The van der Waals surface area contributed by atoms with Crippen molar-refractivity contribution in [3.8, 4) is 5.75 Å². The largest absolute Gasteiger partial charge is 0.497 e. The number of anilines is 1. The van der Waals surface area contributed by atoms with E-state index in [9.17, 15) is 13.2 Å². The van der Waals surface area contributed by atoms with Gasteiger partial charge in [0.15, 0.2) is 5.84 Å². The first-order chi connectivity index (χ1) is 12.0.